The maximum Gasteiger partial charge on any atom is 0.416 e. The van der Waals surface area contributed by atoms with Crippen LogP contribution in [-0.4, -0.2) is 18.6 Å². The number of hydrogen-bond donors (Lipinski definition) is 2. The summed E-state index contributed by atoms with van der Waals surface area (Å²) >= 11 is 0. The minimum atomic E-state index is -4.38. The van der Waals surface area contributed by atoms with Gasteiger partial charge in [0.25, 0.3) is 0 Å². The molecule has 1 aliphatic carbocycles. The standard InChI is InChI=1S/C19H23F3N2O/c20-19(21,22)15-6-3-4-13(12-15)8-9-17(25)24-18-16-7-2-1-5-14(16)10-11-23-18/h3-4,6,8-9,12,14,16,18,23H,1-2,5,7,10-11H2,(H,24,25). The van der Waals surface area contributed by atoms with Gasteiger partial charge in [-0.15, -0.1) is 0 Å². The van der Waals surface area contributed by atoms with Crippen LogP contribution in [-0.2, 0) is 11.0 Å². The average molecular weight is 352 g/mol. The average Bonchev–Trinajstić information content (AvgIpc) is 2.60. The van der Waals surface area contributed by atoms with Crippen molar-refractivity contribution < 1.29 is 18.0 Å². The second kappa shape index (κ2) is 7.60. The van der Waals surface area contributed by atoms with Gasteiger partial charge in [0.15, 0.2) is 0 Å². The smallest absolute Gasteiger partial charge is 0.337 e. The van der Waals surface area contributed by atoms with Crippen LogP contribution >= 0.6 is 0 Å². The lowest BCUT2D eigenvalue weighted by molar-refractivity contribution is -0.137. The molecule has 1 aromatic rings. The van der Waals surface area contributed by atoms with Crippen molar-refractivity contribution >= 4 is 12.0 Å². The molecule has 3 rings (SSSR count). The molecule has 25 heavy (non-hydrogen) atoms. The number of hydrogen-bond acceptors (Lipinski definition) is 2. The van der Waals surface area contributed by atoms with Crippen LogP contribution in [0.25, 0.3) is 6.08 Å². The second-order valence-corrected chi connectivity index (χ2v) is 6.89. The maximum absolute atomic E-state index is 12.7. The van der Waals surface area contributed by atoms with Crippen molar-refractivity contribution in [3.05, 3.63) is 41.5 Å². The highest BCUT2D eigenvalue weighted by Crippen LogP contribution is 2.36. The summed E-state index contributed by atoms with van der Waals surface area (Å²) in [7, 11) is 0. The number of piperidine rings is 1. The van der Waals surface area contributed by atoms with Crippen molar-refractivity contribution in [2.75, 3.05) is 6.54 Å². The molecular weight excluding hydrogens is 329 g/mol. The van der Waals surface area contributed by atoms with Gasteiger partial charge < -0.3 is 5.32 Å². The third-order valence-corrected chi connectivity index (χ3v) is 5.21. The lowest BCUT2D eigenvalue weighted by Gasteiger charge is -2.42. The van der Waals surface area contributed by atoms with E-state index in [0.29, 0.717) is 17.4 Å². The summed E-state index contributed by atoms with van der Waals surface area (Å²) in [4.78, 5) is 12.2. The molecule has 1 aliphatic heterocycles. The summed E-state index contributed by atoms with van der Waals surface area (Å²) < 4.78 is 38.2. The zero-order chi connectivity index (χ0) is 17.9. The molecule has 0 spiro atoms. The molecule has 1 saturated carbocycles. The SMILES string of the molecule is O=C(C=Cc1cccc(C(F)(F)F)c1)NC1NCCC2CCCCC21. The lowest BCUT2D eigenvalue weighted by atomic mass is 9.74. The molecule has 2 aliphatic rings. The molecule has 0 radical (unpaired) electrons. The van der Waals surface area contributed by atoms with Crippen LogP contribution < -0.4 is 10.6 Å². The highest BCUT2D eigenvalue weighted by atomic mass is 19.4. The number of amides is 1. The van der Waals surface area contributed by atoms with Crippen LogP contribution in [0.2, 0.25) is 0 Å². The Bertz CT molecular complexity index is 640. The zero-order valence-electron chi connectivity index (χ0n) is 14.0. The van der Waals surface area contributed by atoms with E-state index in [1.54, 1.807) is 6.07 Å². The largest absolute Gasteiger partial charge is 0.416 e. The number of carbonyl (C=O) groups is 1. The number of halogens is 3. The topological polar surface area (TPSA) is 41.1 Å². The molecule has 0 aromatic heterocycles. The fourth-order valence-corrected chi connectivity index (χ4v) is 3.96. The maximum atomic E-state index is 12.7. The van der Waals surface area contributed by atoms with E-state index in [0.717, 1.165) is 31.5 Å². The molecule has 1 aromatic carbocycles. The van der Waals surface area contributed by atoms with Crippen LogP contribution in [0.15, 0.2) is 30.3 Å². The Kier molecular flexibility index (Phi) is 5.47. The molecule has 0 bridgehead atoms. The van der Waals surface area contributed by atoms with E-state index < -0.39 is 11.7 Å². The van der Waals surface area contributed by atoms with Gasteiger partial charge in [-0.2, -0.15) is 13.2 Å². The van der Waals surface area contributed by atoms with Crippen molar-refractivity contribution in [2.24, 2.45) is 11.8 Å². The van der Waals surface area contributed by atoms with Gasteiger partial charge in [-0.05, 0) is 55.0 Å². The second-order valence-electron chi connectivity index (χ2n) is 6.89. The Hall–Kier alpha value is -1.82. The van der Waals surface area contributed by atoms with Crippen LogP contribution in [0.3, 0.4) is 0 Å². The summed E-state index contributed by atoms with van der Waals surface area (Å²) in [6, 6.07) is 4.96. The summed E-state index contributed by atoms with van der Waals surface area (Å²) in [6.07, 6.45) is 4.24. The predicted molar refractivity (Wildman–Crippen MR) is 90.5 cm³/mol. The molecule has 1 saturated heterocycles. The summed E-state index contributed by atoms with van der Waals surface area (Å²) in [5.41, 5.74) is -0.355. The Morgan fingerprint density at radius 3 is 2.80 bits per heavy atom. The highest BCUT2D eigenvalue weighted by Gasteiger charge is 2.35. The van der Waals surface area contributed by atoms with Gasteiger partial charge in [0, 0.05) is 6.08 Å². The van der Waals surface area contributed by atoms with E-state index in [-0.39, 0.29) is 12.1 Å². The van der Waals surface area contributed by atoms with Gasteiger partial charge in [0.05, 0.1) is 11.7 Å². The third-order valence-electron chi connectivity index (χ3n) is 5.21. The number of benzene rings is 1. The monoisotopic (exact) mass is 352 g/mol. The molecule has 6 heteroatoms. The molecule has 1 amide bonds. The van der Waals surface area contributed by atoms with E-state index >= 15 is 0 Å². The third kappa shape index (κ3) is 4.63. The van der Waals surface area contributed by atoms with Crippen LogP contribution in [0.1, 0.15) is 43.2 Å². The minimum absolute atomic E-state index is 0.0438. The van der Waals surface area contributed by atoms with E-state index in [9.17, 15) is 18.0 Å². The molecule has 1 heterocycles. The van der Waals surface area contributed by atoms with Gasteiger partial charge >= 0.3 is 6.18 Å². The Labute approximate surface area is 145 Å². The summed E-state index contributed by atoms with van der Waals surface area (Å²) in [5, 5.41) is 6.34. The number of nitrogens with one attached hydrogen (secondary N) is 2. The van der Waals surface area contributed by atoms with Crippen molar-refractivity contribution in [1.82, 2.24) is 10.6 Å². The molecule has 3 unspecified atom stereocenters. The number of fused-ring (bicyclic) bond motifs is 1. The molecular formula is C19H23F3N2O. The first-order valence-electron chi connectivity index (χ1n) is 8.83. The van der Waals surface area contributed by atoms with Crippen LogP contribution in [0, 0.1) is 11.8 Å². The normalized spacial score (nSPS) is 27.1. The van der Waals surface area contributed by atoms with Crippen molar-refractivity contribution in [1.29, 1.82) is 0 Å². The first-order valence-corrected chi connectivity index (χ1v) is 8.83. The molecule has 2 fully saturated rings. The van der Waals surface area contributed by atoms with Crippen molar-refractivity contribution in [3.63, 3.8) is 0 Å². The van der Waals surface area contributed by atoms with Gasteiger partial charge in [-0.25, -0.2) is 0 Å². The van der Waals surface area contributed by atoms with Crippen molar-refractivity contribution in [3.8, 4) is 0 Å². The lowest BCUT2D eigenvalue weighted by Crippen LogP contribution is -2.56. The highest BCUT2D eigenvalue weighted by molar-refractivity contribution is 5.91. The van der Waals surface area contributed by atoms with E-state index in [1.165, 1.54) is 37.5 Å². The molecule has 3 nitrogen and oxygen atoms in total. The molecule has 136 valence electrons. The molecule has 3 atom stereocenters. The minimum Gasteiger partial charge on any atom is -0.337 e. The van der Waals surface area contributed by atoms with Gasteiger partial charge in [-0.1, -0.05) is 31.4 Å². The van der Waals surface area contributed by atoms with Crippen LogP contribution in [0.4, 0.5) is 13.2 Å². The fourth-order valence-electron chi connectivity index (χ4n) is 3.96. The van der Waals surface area contributed by atoms with E-state index in [1.807, 2.05) is 0 Å². The predicted octanol–water partition coefficient (Wildman–Crippen LogP) is 3.96. The van der Waals surface area contributed by atoms with Crippen LogP contribution in [0.5, 0.6) is 0 Å². The number of alkyl halides is 3. The zero-order valence-corrected chi connectivity index (χ0v) is 14.0. The quantitative estimate of drug-likeness (QED) is 0.809. The first-order chi connectivity index (χ1) is 11.9. The van der Waals surface area contributed by atoms with Crippen molar-refractivity contribution in [2.45, 2.75) is 44.4 Å². The number of rotatable bonds is 3. The summed E-state index contributed by atoms with van der Waals surface area (Å²) in [6.45, 7) is 0.892. The van der Waals surface area contributed by atoms with Gasteiger partial charge in [0.2, 0.25) is 5.91 Å². The Balaban J connectivity index is 1.61. The molecule has 2 N–H and O–H groups in total. The summed E-state index contributed by atoms with van der Waals surface area (Å²) in [5.74, 6) is 0.835. The Morgan fingerprint density at radius 1 is 1.20 bits per heavy atom. The van der Waals surface area contributed by atoms with E-state index in [4.69, 9.17) is 0 Å². The van der Waals surface area contributed by atoms with E-state index in [2.05, 4.69) is 10.6 Å². The first kappa shape index (κ1) is 18.0. The van der Waals surface area contributed by atoms with Gasteiger partial charge in [-0.3, -0.25) is 10.1 Å². The van der Waals surface area contributed by atoms with Gasteiger partial charge in [0.1, 0.15) is 0 Å². The Morgan fingerprint density at radius 2 is 2.00 bits per heavy atom. The number of carbonyl (C=O) groups excluding carboxylic acids is 1. The fraction of sp³-hybridized carbons (Fsp3) is 0.526.